The second kappa shape index (κ2) is 6.52. The number of pyridine rings is 1. The minimum Gasteiger partial charge on any atom is -0.393 e. The number of rotatable bonds is 5. The molecule has 0 spiro atoms. The quantitative estimate of drug-likeness (QED) is 0.784. The van der Waals surface area contributed by atoms with Crippen molar-refractivity contribution < 1.29 is 18.7 Å². The molecule has 7 heteroatoms. The molecule has 1 atom stereocenters. The molecule has 1 fully saturated rings. The highest BCUT2D eigenvalue weighted by molar-refractivity contribution is 5.92. The number of hydrogen-bond donors (Lipinski definition) is 3. The van der Waals surface area contributed by atoms with E-state index in [0.717, 1.165) is 6.07 Å². The summed E-state index contributed by atoms with van der Waals surface area (Å²) in [6, 6.07) is 6.06. The Morgan fingerprint density at radius 2 is 2.04 bits per heavy atom. The fraction of sp³-hybridized carbons (Fsp3) is 0.294. The molecule has 3 rings (SSSR count). The zero-order chi connectivity index (χ0) is 17.3. The maximum atomic E-state index is 14.2. The Morgan fingerprint density at radius 3 is 2.58 bits per heavy atom. The van der Waals surface area contributed by atoms with Crippen LogP contribution in [0.2, 0.25) is 0 Å². The second-order valence-electron chi connectivity index (χ2n) is 5.97. The number of aromatic nitrogens is 1. The van der Waals surface area contributed by atoms with Gasteiger partial charge in [0.15, 0.2) is 0 Å². The Morgan fingerprint density at radius 1 is 1.29 bits per heavy atom. The van der Waals surface area contributed by atoms with Crippen molar-refractivity contribution in [1.82, 2.24) is 4.98 Å². The van der Waals surface area contributed by atoms with Crippen LogP contribution in [0.5, 0.6) is 0 Å². The molecule has 126 valence electrons. The number of aliphatic hydroxyl groups is 1. The van der Waals surface area contributed by atoms with Gasteiger partial charge in [-0.05, 0) is 37.0 Å². The number of anilines is 1. The largest absolute Gasteiger partial charge is 0.393 e. The molecule has 1 amide bonds. The lowest BCUT2D eigenvalue weighted by atomic mass is 9.75. The number of primary amides is 1. The van der Waals surface area contributed by atoms with Crippen molar-refractivity contribution in [2.45, 2.75) is 25.0 Å². The first-order valence-electron chi connectivity index (χ1n) is 7.59. The van der Waals surface area contributed by atoms with Gasteiger partial charge in [-0.1, -0.05) is 6.07 Å². The van der Waals surface area contributed by atoms with E-state index in [1.807, 2.05) is 0 Å². The lowest BCUT2D eigenvalue weighted by molar-refractivity contribution is 0.0334. The number of halogens is 2. The van der Waals surface area contributed by atoms with E-state index in [1.165, 1.54) is 24.4 Å². The number of amides is 1. The summed E-state index contributed by atoms with van der Waals surface area (Å²) in [5.74, 6) is -1.44. The third-order valence-corrected chi connectivity index (χ3v) is 4.27. The summed E-state index contributed by atoms with van der Waals surface area (Å²) in [6.45, 7) is 0. The fourth-order valence-corrected chi connectivity index (χ4v) is 2.89. The normalized spacial score (nSPS) is 21.0. The minimum atomic E-state index is -0.650. The molecule has 2 aromatic rings. The highest BCUT2D eigenvalue weighted by atomic mass is 19.1. The number of nitrogens with two attached hydrogens (primary N) is 1. The van der Waals surface area contributed by atoms with Crippen LogP contribution >= 0.6 is 0 Å². The third-order valence-electron chi connectivity index (χ3n) is 4.27. The van der Waals surface area contributed by atoms with Gasteiger partial charge < -0.3 is 16.2 Å². The van der Waals surface area contributed by atoms with Crippen LogP contribution in [0.3, 0.4) is 0 Å². The fourth-order valence-electron chi connectivity index (χ4n) is 2.89. The first-order chi connectivity index (χ1) is 11.4. The maximum absolute atomic E-state index is 14.2. The van der Waals surface area contributed by atoms with E-state index in [4.69, 9.17) is 5.73 Å². The molecular formula is C17H17F2N3O2. The predicted molar refractivity (Wildman–Crippen MR) is 84.2 cm³/mol. The lowest BCUT2D eigenvalue weighted by Gasteiger charge is -2.38. The van der Waals surface area contributed by atoms with Crippen LogP contribution in [-0.2, 0) is 0 Å². The van der Waals surface area contributed by atoms with Gasteiger partial charge in [-0.15, -0.1) is 0 Å². The van der Waals surface area contributed by atoms with Gasteiger partial charge in [0, 0.05) is 17.8 Å². The number of nitrogens with zero attached hydrogens (tertiary/aromatic N) is 1. The summed E-state index contributed by atoms with van der Waals surface area (Å²) in [6.07, 6.45) is 1.97. The van der Waals surface area contributed by atoms with Crippen LogP contribution in [0.4, 0.5) is 14.6 Å². The smallest absolute Gasteiger partial charge is 0.250 e. The highest BCUT2D eigenvalue weighted by Crippen LogP contribution is 2.40. The van der Waals surface area contributed by atoms with Crippen LogP contribution in [0.1, 0.15) is 34.8 Å². The summed E-state index contributed by atoms with van der Waals surface area (Å²) in [7, 11) is 0. The summed E-state index contributed by atoms with van der Waals surface area (Å²) in [5.41, 5.74) is 5.75. The van der Waals surface area contributed by atoms with E-state index < -0.39 is 29.7 Å². The molecule has 0 aliphatic heterocycles. The second-order valence-corrected chi connectivity index (χ2v) is 5.97. The minimum absolute atomic E-state index is 0.00224. The van der Waals surface area contributed by atoms with E-state index in [9.17, 15) is 18.7 Å². The Balaban J connectivity index is 1.86. The number of carbonyl (C=O) groups is 1. The highest BCUT2D eigenvalue weighted by Gasteiger charge is 2.36. The van der Waals surface area contributed by atoms with Crippen LogP contribution in [0.15, 0.2) is 36.5 Å². The molecule has 24 heavy (non-hydrogen) atoms. The Bertz CT molecular complexity index is 746. The van der Waals surface area contributed by atoms with Crippen molar-refractivity contribution in [3.05, 3.63) is 59.3 Å². The van der Waals surface area contributed by atoms with Crippen LogP contribution in [0.25, 0.3) is 0 Å². The van der Waals surface area contributed by atoms with E-state index >= 15 is 0 Å². The molecule has 5 nitrogen and oxygen atoms in total. The molecule has 0 unspecified atom stereocenters. The number of benzene rings is 1. The number of nitrogens with one attached hydrogen (secondary N) is 1. The molecular weight excluding hydrogens is 316 g/mol. The topological polar surface area (TPSA) is 88.2 Å². The molecule has 4 N–H and O–H groups in total. The summed E-state index contributed by atoms with van der Waals surface area (Å²) >= 11 is 0. The zero-order valence-corrected chi connectivity index (χ0v) is 12.7. The van der Waals surface area contributed by atoms with Gasteiger partial charge in [-0.25, -0.2) is 13.8 Å². The molecule has 1 aromatic carbocycles. The van der Waals surface area contributed by atoms with Gasteiger partial charge >= 0.3 is 0 Å². The Labute approximate surface area is 137 Å². The van der Waals surface area contributed by atoms with Gasteiger partial charge in [0.05, 0.1) is 17.7 Å². The third kappa shape index (κ3) is 3.35. The molecule has 0 bridgehead atoms. The average molecular weight is 333 g/mol. The van der Waals surface area contributed by atoms with Gasteiger partial charge in [-0.3, -0.25) is 4.79 Å². The first-order valence-corrected chi connectivity index (χ1v) is 7.59. The number of hydrogen-bond acceptors (Lipinski definition) is 4. The Kier molecular flexibility index (Phi) is 4.44. The lowest BCUT2D eigenvalue weighted by Crippen LogP contribution is -2.36. The van der Waals surface area contributed by atoms with Crippen molar-refractivity contribution in [2.75, 3.05) is 5.32 Å². The maximum Gasteiger partial charge on any atom is 0.250 e. The SMILES string of the molecule is NC(=O)c1ccc(N[C@H](c2ccc(F)cc2F)C2CC(O)C2)nc1. The standard InChI is InChI=1S/C17H17F2N3O2/c18-11-2-3-13(14(19)7-11)16(10-5-12(23)6-10)22-15-4-1-9(8-21-15)17(20)24/h1-4,7-8,10,12,16,23H,5-6H2,(H2,20,24)(H,21,22)/t10?,12?,16-/m0/s1. The molecule has 0 saturated heterocycles. The molecule has 1 aliphatic carbocycles. The van der Waals surface area contributed by atoms with Crippen molar-refractivity contribution >= 4 is 11.7 Å². The molecule has 1 heterocycles. The Hall–Kier alpha value is -2.54. The van der Waals surface area contributed by atoms with Crippen molar-refractivity contribution in [3.63, 3.8) is 0 Å². The van der Waals surface area contributed by atoms with Crippen molar-refractivity contribution in [1.29, 1.82) is 0 Å². The molecule has 1 aliphatic rings. The molecule has 1 saturated carbocycles. The summed E-state index contributed by atoms with van der Waals surface area (Å²) < 4.78 is 27.3. The van der Waals surface area contributed by atoms with E-state index in [2.05, 4.69) is 10.3 Å². The number of carbonyl (C=O) groups excluding carboxylic acids is 1. The van der Waals surface area contributed by atoms with E-state index in [0.29, 0.717) is 24.2 Å². The zero-order valence-electron chi connectivity index (χ0n) is 12.7. The summed E-state index contributed by atoms with van der Waals surface area (Å²) in [5, 5.41) is 12.7. The van der Waals surface area contributed by atoms with Crippen LogP contribution < -0.4 is 11.1 Å². The first kappa shape index (κ1) is 16.3. The number of aliphatic hydroxyl groups excluding tert-OH is 1. The molecule has 0 radical (unpaired) electrons. The van der Waals surface area contributed by atoms with Crippen LogP contribution in [-0.4, -0.2) is 22.1 Å². The predicted octanol–water partition coefficient (Wildman–Crippen LogP) is 2.38. The average Bonchev–Trinajstić information content (AvgIpc) is 2.51. The van der Waals surface area contributed by atoms with E-state index in [-0.39, 0.29) is 11.5 Å². The van der Waals surface area contributed by atoms with Crippen molar-refractivity contribution in [2.24, 2.45) is 11.7 Å². The van der Waals surface area contributed by atoms with E-state index in [1.54, 1.807) is 6.07 Å². The van der Waals surface area contributed by atoms with Gasteiger partial charge in [0.2, 0.25) is 5.91 Å². The molecule has 1 aromatic heterocycles. The van der Waals surface area contributed by atoms with Crippen LogP contribution in [0, 0.1) is 17.6 Å². The van der Waals surface area contributed by atoms with Gasteiger partial charge in [0.1, 0.15) is 17.5 Å². The van der Waals surface area contributed by atoms with Gasteiger partial charge in [0.25, 0.3) is 0 Å². The summed E-state index contributed by atoms with van der Waals surface area (Å²) in [4.78, 5) is 15.2. The monoisotopic (exact) mass is 333 g/mol. The van der Waals surface area contributed by atoms with Gasteiger partial charge in [-0.2, -0.15) is 0 Å². The van der Waals surface area contributed by atoms with Crippen molar-refractivity contribution in [3.8, 4) is 0 Å².